The number of rotatable bonds is 8. The molecule has 164 valence electrons. The quantitative estimate of drug-likeness (QED) is 0.655. The van der Waals surface area contributed by atoms with E-state index >= 15 is 0 Å². The van der Waals surface area contributed by atoms with Crippen molar-refractivity contribution in [3.8, 4) is 0 Å². The number of hydrogen-bond donors (Lipinski definition) is 2. The Hall–Kier alpha value is -1.19. The summed E-state index contributed by atoms with van der Waals surface area (Å²) in [6, 6.07) is 0. The molecule has 8 nitrogen and oxygen atoms in total. The second-order valence-electron chi connectivity index (χ2n) is 8.92. The van der Waals surface area contributed by atoms with Gasteiger partial charge in [0.15, 0.2) is 5.82 Å². The Morgan fingerprint density at radius 1 is 0.897 bits per heavy atom. The molecule has 3 heterocycles. The molecule has 2 aliphatic heterocycles. The fourth-order valence-corrected chi connectivity index (χ4v) is 3.89. The smallest absolute Gasteiger partial charge is 0.224 e. The van der Waals surface area contributed by atoms with Crippen LogP contribution in [0.15, 0.2) is 6.20 Å². The number of aromatic nitrogens is 2. The topological polar surface area (TPSA) is 74.8 Å². The molecular formula is C20H35ClN6O2. The molecule has 0 radical (unpaired) electrons. The Morgan fingerprint density at radius 3 is 1.90 bits per heavy atom. The zero-order valence-corrected chi connectivity index (χ0v) is 18.9. The average Bonchev–Trinajstić information content (AvgIpc) is 2.73. The van der Waals surface area contributed by atoms with Crippen molar-refractivity contribution >= 4 is 23.4 Å². The van der Waals surface area contributed by atoms with Crippen LogP contribution in [0.25, 0.3) is 0 Å². The van der Waals surface area contributed by atoms with Gasteiger partial charge in [-0.2, -0.15) is 4.98 Å². The minimum Gasteiger partial charge on any atom is -0.379 e. The van der Waals surface area contributed by atoms with Gasteiger partial charge in [-0.1, -0.05) is 11.6 Å². The lowest BCUT2D eigenvalue weighted by atomic mass is 10.0. The number of hydrogen-bond acceptors (Lipinski definition) is 8. The summed E-state index contributed by atoms with van der Waals surface area (Å²) in [6.07, 6.45) is 1.66. The first-order chi connectivity index (χ1) is 13.8. The monoisotopic (exact) mass is 426 g/mol. The molecule has 0 amide bonds. The minimum atomic E-state index is -0.0238. The van der Waals surface area contributed by atoms with Crippen LogP contribution in [0.5, 0.6) is 0 Å². The number of halogens is 1. The Bertz CT molecular complexity index is 660. The average molecular weight is 427 g/mol. The zero-order chi connectivity index (χ0) is 20.9. The maximum absolute atomic E-state index is 6.35. The Labute approximate surface area is 179 Å². The van der Waals surface area contributed by atoms with Gasteiger partial charge in [-0.05, 0) is 27.7 Å². The molecule has 9 heteroatoms. The van der Waals surface area contributed by atoms with Gasteiger partial charge in [-0.3, -0.25) is 9.80 Å². The number of nitrogens with zero attached hydrogens (tertiary/aromatic N) is 4. The SMILES string of the molecule is CC(C)(CNc1ncc(Cl)c(NCC(C)(C)N2CCOCC2)n1)N1CCOCC1. The van der Waals surface area contributed by atoms with Gasteiger partial charge < -0.3 is 20.1 Å². The highest BCUT2D eigenvalue weighted by molar-refractivity contribution is 6.32. The van der Waals surface area contributed by atoms with Crippen molar-refractivity contribution < 1.29 is 9.47 Å². The molecule has 2 N–H and O–H groups in total. The van der Waals surface area contributed by atoms with Crippen LogP contribution in [0.3, 0.4) is 0 Å². The van der Waals surface area contributed by atoms with Gasteiger partial charge in [0.05, 0.1) is 32.6 Å². The lowest BCUT2D eigenvalue weighted by Gasteiger charge is -2.41. The summed E-state index contributed by atoms with van der Waals surface area (Å²) >= 11 is 6.35. The van der Waals surface area contributed by atoms with Crippen molar-refractivity contribution in [2.45, 2.75) is 38.8 Å². The van der Waals surface area contributed by atoms with Crippen molar-refractivity contribution in [1.29, 1.82) is 0 Å². The third-order valence-electron chi connectivity index (χ3n) is 5.85. The van der Waals surface area contributed by atoms with Crippen LogP contribution in [0.4, 0.5) is 11.8 Å². The first-order valence-electron chi connectivity index (χ1n) is 10.4. The Kier molecular flexibility index (Phi) is 7.56. The molecule has 0 atom stereocenters. The number of ether oxygens (including phenoxy) is 2. The predicted octanol–water partition coefficient (Wildman–Crippen LogP) is 2.18. The minimum absolute atomic E-state index is 0.0152. The van der Waals surface area contributed by atoms with Gasteiger partial charge >= 0.3 is 0 Å². The van der Waals surface area contributed by atoms with Gasteiger partial charge in [0.2, 0.25) is 5.95 Å². The van der Waals surface area contributed by atoms with Gasteiger partial charge in [0, 0.05) is 50.3 Å². The molecule has 0 bridgehead atoms. The third kappa shape index (κ3) is 6.15. The van der Waals surface area contributed by atoms with Gasteiger partial charge in [-0.25, -0.2) is 4.98 Å². The third-order valence-corrected chi connectivity index (χ3v) is 6.12. The van der Waals surface area contributed by atoms with E-state index in [2.05, 4.69) is 58.1 Å². The van der Waals surface area contributed by atoms with Crippen molar-refractivity contribution in [3.05, 3.63) is 11.2 Å². The molecule has 0 saturated carbocycles. The van der Waals surface area contributed by atoms with Gasteiger partial charge in [-0.15, -0.1) is 0 Å². The fourth-order valence-electron chi connectivity index (χ4n) is 3.73. The van der Waals surface area contributed by atoms with Crippen LogP contribution >= 0.6 is 11.6 Å². The summed E-state index contributed by atoms with van der Waals surface area (Å²) in [7, 11) is 0. The Morgan fingerprint density at radius 2 is 1.38 bits per heavy atom. The summed E-state index contributed by atoms with van der Waals surface area (Å²) in [5.41, 5.74) is -0.0390. The molecule has 0 spiro atoms. The predicted molar refractivity (Wildman–Crippen MR) is 117 cm³/mol. The van der Waals surface area contributed by atoms with E-state index in [4.69, 9.17) is 21.1 Å². The molecule has 2 saturated heterocycles. The molecule has 1 aromatic heterocycles. The van der Waals surface area contributed by atoms with E-state index in [1.165, 1.54) is 0 Å². The summed E-state index contributed by atoms with van der Waals surface area (Å²) in [5, 5.41) is 7.33. The summed E-state index contributed by atoms with van der Waals surface area (Å²) < 4.78 is 10.9. The van der Waals surface area contributed by atoms with E-state index in [9.17, 15) is 0 Å². The number of anilines is 2. The van der Waals surface area contributed by atoms with E-state index < -0.39 is 0 Å². The molecule has 0 unspecified atom stereocenters. The lowest BCUT2D eigenvalue weighted by Crippen LogP contribution is -2.53. The Balaban J connectivity index is 1.57. The van der Waals surface area contributed by atoms with Crippen molar-refractivity contribution in [2.24, 2.45) is 0 Å². The van der Waals surface area contributed by atoms with Crippen LogP contribution in [-0.2, 0) is 9.47 Å². The highest BCUT2D eigenvalue weighted by Gasteiger charge is 2.29. The second kappa shape index (κ2) is 9.75. The molecule has 29 heavy (non-hydrogen) atoms. The summed E-state index contributed by atoms with van der Waals surface area (Å²) in [4.78, 5) is 13.8. The highest BCUT2D eigenvalue weighted by atomic mass is 35.5. The summed E-state index contributed by atoms with van der Waals surface area (Å²) in [5.74, 6) is 1.25. The van der Waals surface area contributed by atoms with E-state index in [0.29, 0.717) is 16.8 Å². The maximum Gasteiger partial charge on any atom is 0.224 e. The van der Waals surface area contributed by atoms with E-state index in [-0.39, 0.29) is 11.1 Å². The number of nitrogens with one attached hydrogen (secondary N) is 2. The van der Waals surface area contributed by atoms with Crippen molar-refractivity contribution in [2.75, 3.05) is 76.3 Å². The molecule has 2 aliphatic rings. The first kappa shape index (κ1) is 22.5. The standard InChI is InChI=1S/C20H35ClN6O2/c1-19(2,26-5-9-28-10-6-26)14-23-17-16(21)13-22-18(25-17)24-15-20(3,4)27-7-11-29-12-8-27/h13H,5-12,14-15H2,1-4H3,(H2,22,23,24,25). The lowest BCUT2D eigenvalue weighted by molar-refractivity contribution is -0.00577. The van der Waals surface area contributed by atoms with Crippen molar-refractivity contribution in [1.82, 2.24) is 19.8 Å². The highest BCUT2D eigenvalue weighted by Crippen LogP contribution is 2.23. The zero-order valence-electron chi connectivity index (χ0n) is 18.1. The van der Waals surface area contributed by atoms with E-state index in [1.807, 2.05) is 0 Å². The van der Waals surface area contributed by atoms with E-state index in [1.54, 1.807) is 6.20 Å². The second-order valence-corrected chi connectivity index (χ2v) is 9.33. The first-order valence-corrected chi connectivity index (χ1v) is 10.8. The van der Waals surface area contributed by atoms with Gasteiger partial charge in [0.25, 0.3) is 0 Å². The van der Waals surface area contributed by atoms with Gasteiger partial charge in [0.1, 0.15) is 5.02 Å². The fraction of sp³-hybridized carbons (Fsp3) is 0.800. The van der Waals surface area contributed by atoms with Crippen LogP contribution in [0.1, 0.15) is 27.7 Å². The van der Waals surface area contributed by atoms with Crippen LogP contribution < -0.4 is 10.6 Å². The molecule has 1 aromatic rings. The maximum atomic E-state index is 6.35. The van der Waals surface area contributed by atoms with Crippen molar-refractivity contribution in [3.63, 3.8) is 0 Å². The number of morpholine rings is 2. The summed E-state index contributed by atoms with van der Waals surface area (Å²) in [6.45, 7) is 17.3. The van der Waals surface area contributed by atoms with Crippen LogP contribution in [0, 0.1) is 0 Å². The van der Waals surface area contributed by atoms with Crippen LogP contribution in [-0.4, -0.2) is 96.5 Å². The van der Waals surface area contributed by atoms with E-state index in [0.717, 1.165) is 65.7 Å². The molecule has 0 aromatic carbocycles. The van der Waals surface area contributed by atoms with Crippen LogP contribution in [0.2, 0.25) is 5.02 Å². The molecular weight excluding hydrogens is 392 g/mol. The molecule has 3 rings (SSSR count). The normalized spacial score (nSPS) is 19.9. The largest absolute Gasteiger partial charge is 0.379 e. The molecule has 0 aliphatic carbocycles. The molecule has 2 fully saturated rings.